The Hall–Kier alpha value is -1.69. The van der Waals surface area contributed by atoms with Gasteiger partial charge in [-0.2, -0.15) is 0 Å². The predicted molar refractivity (Wildman–Crippen MR) is 88.7 cm³/mol. The molecule has 0 atom stereocenters. The molecule has 0 aromatic heterocycles. The number of hydrogen-bond acceptors (Lipinski definition) is 5. The second-order valence-corrected chi connectivity index (χ2v) is 5.35. The van der Waals surface area contributed by atoms with E-state index < -0.39 is 0 Å². The summed E-state index contributed by atoms with van der Waals surface area (Å²) in [5.41, 5.74) is 2.03. The highest BCUT2D eigenvalue weighted by atomic mass is 32.2. The minimum atomic E-state index is 0.155. The lowest BCUT2D eigenvalue weighted by molar-refractivity contribution is 0.0324. The summed E-state index contributed by atoms with van der Waals surface area (Å²) in [5.74, 6) is 1.30. The molecule has 2 rings (SSSR count). The summed E-state index contributed by atoms with van der Waals surface area (Å²) < 4.78 is 21.5. The van der Waals surface area contributed by atoms with Crippen molar-refractivity contribution in [3.63, 3.8) is 0 Å². The van der Waals surface area contributed by atoms with E-state index in [0.717, 1.165) is 16.0 Å². The van der Waals surface area contributed by atoms with Gasteiger partial charge in [0.15, 0.2) is 25.1 Å². The van der Waals surface area contributed by atoms with Crippen molar-refractivity contribution in [3.8, 4) is 22.6 Å². The predicted octanol–water partition coefficient (Wildman–Crippen LogP) is 4.04. The Bertz CT molecular complexity index is 587. The molecular formula is C17H20O4S. The molecule has 0 radical (unpaired) electrons. The van der Waals surface area contributed by atoms with E-state index in [-0.39, 0.29) is 13.6 Å². The molecule has 118 valence electrons. The smallest absolute Gasteiger partial charge is 0.188 e. The monoisotopic (exact) mass is 320 g/mol. The molecule has 5 heteroatoms. The average molecular weight is 320 g/mol. The quantitative estimate of drug-likeness (QED) is 0.542. The van der Waals surface area contributed by atoms with Gasteiger partial charge in [-0.05, 0) is 24.0 Å². The largest absolute Gasteiger partial charge is 0.464 e. The van der Waals surface area contributed by atoms with Crippen molar-refractivity contribution < 1.29 is 18.9 Å². The van der Waals surface area contributed by atoms with Crippen molar-refractivity contribution in [1.82, 2.24) is 0 Å². The molecule has 0 aliphatic rings. The zero-order valence-electron chi connectivity index (χ0n) is 13.0. The van der Waals surface area contributed by atoms with Crippen LogP contribution in [0.25, 0.3) is 11.1 Å². The first-order chi connectivity index (χ1) is 10.8. The topological polar surface area (TPSA) is 36.9 Å². The highest BCUT2D eigenvalue weighted by molar-refractivity contribution is 7.98. The number of ether oxygens (including phenoxy) is 4. The van der Waals surface area contributed by atoms with Crippen molar-refractivity contribution in [3.05, 3.63) is 42.5 Å². The van der Waals surface area contributed by atoms with Gasteiger partial charge >= 0.3 is 0 Å². The molecule has 22 heavy (non-hydrogen) atoms. The zero-order valence-corrected chi connectivity index (χ0v) is 13.8. The second-order valence-electron chi connectivity index (χ2n) is 4.47. The molecule has 0 saturated carbocycles. The van der Waals surface area contributed by atoms with Crippen LogP contribution in [-0.4, -0.2) is 34.1 Å². The van der Waals surface area contributed by atoms with E-state index in [9.17, 15) is 0 Å². The van der Waals surface area contributed by atoms with Crippen LogP contribution in [-0.2, 0) is 9.47 Å². The Morgan fingerprint density at radius 3 is 2.23 bits per heavy atom. The summed E-state index contributed by atoms with van der Waals surface area (Å²) in [5, 5.41) is 0. The Labute approximate surface area is 135 Å². The van der Waals surface area contributed by atoms with Gasteiger partial charge in [-0.25, -0.2) is 0 Å². The number of benzene rings is 2. The minimum absolute atomic E-state index is 0.155. The third kappa shape index (κ3) is 4.16. The molecule has 0 unspecified atom stereocenters. The van der Waals surface area contributed by atoms with Crippen LogP contribution in [0.5, 0.6) is 11.5 Å². The summed E-state index contributed by atoms with van der Waals surface area (Å²) in [6, 6.07) is 14.1. The zero-order chi connectivity index (χ0) is 15.8. The molecule has 0 bridgehead atoms. The van der Waals surface area contributed by atoms with Crippen LogP contribution in [0.15, 0.2) is 47.4 Å². The molecule has 4 nitrogen and oxygen atoms in total. The van der Waals surface area contributed by atoms with Gasteiger partial charge in [0.1, 0.15) is 0 Å². The van der Waals surface area contributed by atoms with Crippen molar-refractivity contribution in [2.24, 2.45) is 0 Å². The van der Waals surface area contributed by atoms with Crippen LogP contribution in [0.1, 0.15) is 0 Å². The van der Waals surface area contributed by atoms with Crippen LogP contribution >= 0.6 is 11.8 Å². The lowest BCUT2D eigenvalue weighted by Crippen LogP contribution is -2.05. The number of rotatable bonds is 8. The number of thioether (sulfide) groups is 1. The van der Waals surface area contributed by atoms with Crippen molar-refractivity contribution in [1.29, 1.82) is 0 Å². The Morgan fingerprint density at radius 2 is 1.59 bits per heavy atom. The SMILES string of the molecule is COCOc1cc(SC)cc(-c2ccccc2)c1OCOC. The van der Waals surface area contributed by atoms with Crippen LogP contribution < -0.4 is 9.47 Å². The van der Waals surface area contributed by atoms with E-state index in [1.165, 1.54) is 0 Å². The Kier molecular flexibility index (Phi) is 6.58. The van der Waals surface area contributed by atoms with Crippen LogP contribution in [0, 0.1) is 0 Å². The maximum atomic E-state index is 5.76. The van der Waals surface area contributed by atoms with Gasteiger partial charge in [-0.15, -0.1) is 11.8 Å². The fraction of sp³-hybridized carbons (Fsp3) is 0.294. The summed E-state index contributed by atoms with van der Waals surface area (Å²) in [4.78, 5) is 1.09. The third-order valence-corrected chi connectivity index (χ3v) is 3.71. The first-order valence-corrected chi connectivity index (χ1v) is 8.03. The highest BCUT2D eigenvalue weighted by Gasteiger charge is 2.15. The fourth-order valence-electron chi connectivity index (χ4n) is 2.02. The summed E-state index contributed by atoms with van der Waals surface area (Å²) in [6.45, 7) is 0.317. The molecule has 2 aromatic carbocycles. The third-order valence-electron chi connectivity index (χ3n) is 3.00. The molecule has 0 aliphatic carbocycles. The van der Waals surface area contributed by atoms with E-state index in [1.807, 2.05) is 42.7 Å². The standard InChI is InChI=1S/C17H20O4S/c1-18-11-20-16-10-14(22-3)9-15(17(16)21-12-19-2)13-7-5-4-6-8-13/h4-10H,11-12H2,1-3H3. The first-order valence-electron chi connectivity index (χ1n) is 6.81. The lowest BCUT2D eigenvalue weighted by Gasteiger charge is -2.17. The van der Waals surface area contributed by atoms with Crippen molar-refractivity contribution in [2.75, 3.05) is 34.1 Å². The molecule has 0 heterocycles. The summed E-state index contributed by atoms with van der Waals surface area (Å²) in [6.07, 6.45) is 2.03. The van der Waals surface area contributed by atoms with Gasteiger partial charge in [0.05, 0.1) is 0 Å². The van der Waals surface area contributed by atoms with Gasteiger partial charge in [0.2, 0.25) is 0 Å². The van der Waals surface area contributed by atoms with E-state index in [2.05, 4.69) is 6.07 Å². The van der Waals surface area contributed by atoms with E-state index >= 15 is 0 Å². The van der Waals surface area contributed by atoms with E-state index in [0.29, 0.717) is 11.5 Å². The minimum Gasteiger partial charge on any atom is -0.464 e. The lowest BCUT2D eigenvalue weighted by atomic mass is 10.0. The summed E-state index contributed by atoms with van der Waals surface area (Å²) in [7, 11) is 3.18. The average Bonchev–Trinajstić information content (AvgIpc) is 2.58. The van der Waals surface area contributed by atoms with Gasteiger partial charge in [-0.3, -0.25) is 0 Å². The van der Waals surface area contributed by atoms with Crippen LogP contribution in [0.4, 0.5) is 0 Å². The first kappa shape index (κ1) is 16.7. The Balaban J connectivity index is 2.51. The van der Waals surface area contributed by atoms with Gasteiger partial charge in [0.25, 0.3) is 0 Å². The van der Waals surface area contributed by atoms with Crippen LogP contribution in [0.3, 0.4) is 0 Å². The Morgan fingerprint density at radius 1 is 0.909 bits per heavy atom. The fourth-order valence-corrected chi connectivity index (χ4v) is 2.48. The molecule has 0 saturated heterocycles. The summed E-state index contributed by atoms with van der Waals surface area (Å²) >= 11 is 1.65. The normalized spacial score (nSPS) is 10.5. The van der Waals surface area contributed by atoms with Gasteiger partial charge < -0.3 is 18.9 Å². The highest BCUT2D eigenvalue weighted by Crippen LogP contribution is 2.41. The van der Waals surface area contributed by atoms with Crippen molar-refractivity contribution in [2.45, 2.75) is 4.90 Å². The second kappa shape index (κ2) is 8.68. The molecule has 2 aromatic rings. The number of methoxy groups -OCH3 is 2. The molecule has 0 spiro atoms. The van der Waals surface area contributed by atoms with Crippen molar-refractivity contribution >= 4 is 11.8 Å². The van der Waals surface area contributed by atoms with E-state index in [1.54, 1.807) is 26.0 Å². The maximum Gasteiger partial charge on any atom is 0.188 e. The molecular weight excluding hydrogens is 300 g/mol. The molecule has 0 N–H and O–H groups in total. The number of hydrogen-bond donors (Lipinski definition) is 0. The van der Waals surface area contributed by atoms with Crippen LogP contribution in [0.2, 0.25) is 0 Å². The van der Waals surface area contributed by atoms with Gasteiger partial charge in [-0.1, -0.05) is 30.3 Å². The molecule has 0 fully saturated rings. The molecule has 0 aliphatic heterocycles. The molecule has 0 amide bonds. The maximum absolute atomic E-state index is 5.76. The van der Waals surface area contributed by atoms with Gasteiger partial charge in [0, 0.05) is 24.7 Å². The van der Waals surface area contributed by atoms with E-state index in [4.69, 9.17) is 18.9 Å².